The minimum absolute atomic E-state index is 0.503. The standard InChI is InChI=1S/C16H15N3/c17-15-11-14(12-7-3-1-4-8-12)18-16(19-15)13-9-5-2-6-10-13/h2-3,5-11H,1,4H2,(H2,17,18,19). The Bertz CT molecular complexity index is 642. The minimum atomic E-state index is 0.503. The van der Waals surface area contributed by atoms with Gasteiger partial charge in [-0.05, 0) is 18.4 Å². The molecule has 0 aliphatic heterocycles. The van der Waals surface area contributed by atoms with E-state index in [1.807, 2.05) is 36.4 Å². The van der Waals surface area contributed by atoms with Gasteiger partial charge in [0.2, 0.25) is 0 Å². The summed E-state index contributed by atoms with van der Waals surface area (Å²) in [7, 11) is 0. The molecule has 2 N–H and O–H groups in total. The van der Waals surface area contributed by atoms with E-state index in [2.05, 4.69) is 28.2 Å². The van der Waals surface area contributed by atoms with Gasteiger partial charge in [0.05, 0.1) is 5.69 Å². The molecule has 0 saturated heterocycles. The molecule has 19 heavy (non-hydrogen) atoms. The first-order chi connectivity index (χ1) is 9.33. The number of rotatable bonds is 2. The summed E-state index contributed by atoms with van der Waals surface area (Å²) in [6.45, 7) is 0. The van der Waals surface area contributed by atoms with E-state index >= 15 is 0 Å². The zero-order valence-electron chi connectivity index (χ0n) is 10.6. The average Bonchev–Trinajstić information content (AvgIpc) is 2.48. The quantitative estimate of drug-likeness (QED) is 0.886. The largest absolute Gasteiger partial charge is 0.384 e. The van der Waals surface area contributed by atoms with Crippen molar-refractivity contribution in [3.63, 3.8) is 0 Å². The van der Waals surface area contributed by atoms with Crippen LogP contribution in [0.25, 0.3) is 17.0 Å². The number of anilines is 1. The number of nitrogens with zero attached hydrogens (tertiary/aromatic N) is 2. The molecule has 0 unspecified atom stereocenters. The van der Waals surface area contributed by atoms with Gasteiger partial charge in [-0.3, -0.25) is 0 Å². The molecule has 0 spiro atoms. The van der Waals surface area contributed by atoms with Crippen molar-refractivity contribution in [2.24, 2.45) is 0 Å². The highest BCUT2D eigenvalue weighted by atomic mass is 14.9. The molecule has 0 amide bonds. The van der Waals surface area contributed by atoms with E-state index in [9.17, 15) is 0 Å². The van der Waals surface area contributed by atoms with Crippen molar-refractivity contribution in [3.05, 3.63) is 60.3 Å². The van der Waals surface area contributed by atoms with Crippen LogP contribution in [0.1, 0.15) is 18.5 Å². The lowest BCUT2D eigenvalue weighted by Gasteiger charge is -2.09. The predicted octanol–water partition coefficient (Wildman–Crippen LogP) is 3.46. The number of allylic oxidation sites excluding steroid dienone is 4. The fourth-order valence-electron chi connectivity index (χ4n) is 2.13. The Hall–Kier alpha value is -2.42. The normalized spacial score (nSPS) is 14.2. The first-order valence-electron chi connectivity index (χ1n) is 6.40. The van der Waals surface area contributed by atoms with Crippen molar-refractivity contribution in [1.29, 1.82) is 0 Å². The highest BCUT2D eigenvalue weighted by Crippen LogP contribution is 2.23. The molecule has 1 heterocycles. The van der Waals surface area contributed by atoms with Crippen molar-refractivity contribution in [2.45, 2.75) is 12.8 Å². The number of benzene rings is 1. The number of hydrogen-bond donors (Lipinski definition) is 1. The maximum atomic E-state index is 5.90. The Morgan fingerprint density at radius 1 is 1.00 bits per heavy atom. The number of nitrogens with two attached hydrogens (primary N) is 1. The molecule has 1 aliphatic carbocycles. The van der Waals surface area contributed by atoms with Crippen LogP contribution in [0.3, 0.4) is 0 Å². The topological polar surface area (TPSA) is 51.8 Å². The average molecular weight is 249 g/mol. The lowest BCUT2D eigenvalue weighted by molar-refractivity contribution is 1.03. The molecule has 3 heteroatoms. The van der Waals surface area contributed by atoms with Crippen LogP contribution in [-0.2, 0) is 0 Å². The van der Waals surface area contributed by atoms with E-state index in [1.54, 1.807) is 0 Å². The monoisotopic (exact) mass is 249 g/mol. The molecule has 3 rings (SSSR count). The van der Waals surface area contributed by atoms with Gasteiger partial charge in [0, 0.05) is 11.6 Å². The molecule has 0 bridgehead atoms. The number of aromatic nitrogens is 2. The molecule has 1 aliphatic rings. The second-order valence-corrected chi connectivity index (χ2v) is 4.51. The fourth-order valence-corrected chi connectivity index (χ4v) is 2.13. The highest BCUT2D eigenvalue weighted by molar-refractivity contribution is 5.75. The Labute approximate surface area is 112 Å². The Morgan fingerprint density at radius 2 is 1.84 bits per heavy atom. The van der Waals surface area contributed by atoms with E-state index in [4.69, 9.17) is 5.73 Å². The number of hydrogen-bond acceptors (Lipinski definition) is 3. The lowest BCUT2D eigenvalue weighted by atomic mass is 10.0. The molecular formula is C16H15N3. The van der Waals surface area contributed by atoms with Crippen molar-refractivity contribution < 1.29 is 0 Å². The summed E-state index contributed by atoms with van der Waals surface area (Å²) in [4.78, 5) is 8.93. The van der Waals surface area contributed by atoms with Crippen LogP contribution in [0.5, 0.6) is 0 Å². The van der Waals surface area contributed by atoms with E-state index in [0.717, 1.165) is 29.7 Å². The third-order valence-corrected chi connectivity index (χ3v) is 3.07. The SMILES string of the molecule is Nc1cc(C2=CCCC=C2)nc(-c2ccccc2)n1. The van der Waals surface area contributed by atoms with Crippen LogP contribution in [0.2, 0.25) is 0 Å². The van der Waals surface area contributed by atoms with Gasteiger partial charge in [-0.25, -0.2) is 9.97 Å². The summed E-state index contributed by atoms with van der Waals surface area (Å²) in [6.07, 6.45) is 8.60. The van der Waals surface area contributed by atoms with Gasteiger partial charge in [0.1, 0.15) is 5.82 Å². The van der Waals surface area contributed by atoms with Crippen LogP contribution >= 0.6 is 0 Å². The molecule has 94 valence electrons. The maximum Gasteiger partial charge on any atom is 0.162 e. The summed E-state index contributed by atoms with van der Waals surface area (Å²) in [5, 5.41) is 0. The van der Waals surface area contributed by atoms with Crippen molar-refractivity contribution in [3.8, 4) is 11.4 Å². The molecule has 1 aromatic carbocycles. The van der Waals surface area contributed by atoms with Crippen LogP contribution in [0, 0.1) is 0 Å². The Morgan fingerprint density at radius 3 is 2.58 bits per heavy atom. The molecule has 1 aromatic heterocycles. The zero-order valence-corrected chi connectivity index (χ0v) is 10.6. The predicted molar refractivity (Wildman–Crippen MR) is 78.2 cm³/mol. The first-order valence-corrected chi connectivity index (χ1v) is 6.40. The van der Waals surface area contributed by atoms with Crippen LogP contribution in [-0.4, -0.2) is 9.97 Å². The van der Waals surface area contributed by atoms with Gasteiger partial charge in [0.15, 0.2) is 5.82 Å². The summed E-state index contributed by atoms with van der Waals surface area (Å²) < 4.78 is 0. The van der Waals surface area contributed by atoms with Gasteiger partial charge in [-0.2, -0.15) is 0 Å². The van der Waals surface area contributed by atoms with Crippen molar-refractivity contribution in [2.75, 3.05) is 5.73 Å². The van der Waals surface area contributed by atoms with Gasteiger partial charge in [-0.15, -0.1) is 0 Å². The van der Waals surface area contributed by atoms with Crippen LogP contribution < -0.4 is 5.73 Å². The van der Waals surface area contributed by atoms with Gasteiger partial charge < -0.3 is 5.73 Å². The summed E-state index contributed by atoms with van der Waals surface area (Å²) in [5.41, 5.74) is 8.90. The van der Waals surface area contributed by atoms with Gasteiger partial charge in [-0.1, -0.05) is 48.6 Å². The maximum absolute atomic E-state index is 5.90. The molecule has 3 nitrogen and oxygen atoms in total. The second kappa shape index (κ2) is 5.06. The van der Waals surface area contributed by atoms with E-state index in [-0.39, 0.29) is 0 Å². The van der Waals surface area contributed by atoms with Gasteiger partial charge in [0.25, 0.3) is 0 Å². The molecule has 0 atom stereocenters. The number of nitrogen functional groups attached to an aromatic ring is 1. The smallest absolute Gasteiger partial charge is 0.162 e. The third kappa shape index (κ3) is 2.55. The fraction of sp³-hybridized carbons (Fsp3) is 0.125. The molecular weight excluding hydrogens is 234 g/mol. The molecule has 0 saturated carbocycles. The summed E-state index contributed by atoms with van der Waals surface area (Å²) in [5.74, 6) is 1.18. The van der Waals surface area contributed by atoms with E-state index in [1.165, 1.54) is 0 Å². The third-order valence-electron chi connectivity index (χ3n) is 3.07. The highest BCUT2D eigenvalue weighted by Gasteiger charge is 2.08. The first kappa shape index (κ1) is 11.7. The van der Waals surface area contributed by atoms with Crippen molar-refractivity contribution in [1.82, 2.24) is 9.97 Å². The van der Waals surface area contributed by atoms with E-state index in [0.29, 0.717) is 11.6 Å². The summed E-state index contributed by atoms with van der Waals surface area (Å²) >= 11 is 0. The van der Waals surface area contributed by atoms with Gasteiger partial charge >= 0.3 is 0 Å². The van der Waals surface area contributed by atoms with E-state index < -0.39 is 0 Å². The lowest BCUT2D eigenvalue weighted by Crippen LogP contribution is -2.00. The molecule has 0 fully saturated rings. The van der Waals surface area contributed by atoms with Crippen LogP contribution in [0.4, 0.5) is 5.82 Å². The second-order valence-electron chi connectivity index (χ2n) is 4.51. The summed E-state index contributed by atoms with van der Waals surface area (Å²) in [6, 6.07) is 11.7. The zero-order chi connectivity index (χ0) is 13.1. The van der Waals surface area contributed by atoms with Crippen LogP contribution in [0.15, 0.2) is 54.6 Å². The Balaban J connectivity index is 2.06. The molecule has 0 radical (unpaired) electrons. The molecule has 2 aromatic rings. The minimum Gasteiger partial charge on any atom is -0.384 e. The van der Waals surface area contributed by atoms with Crippen molar-refractivity contribution >= 4 is 11.4 Å². The Kier molecular flexibility index (Phi) is 3.11.